The highest BCUT2D eigenvalue weighted by molar-refractivity contribution is 6.39. The molecule has 0 saturated heterocycles. The minimum Gasteiger partial charge on any atom is -0.497 e. The highest BCUT2D eigenvalue weighted by Gasteiger charge is 2.13. The molecule has 0 aliphatic heterocycles. The highest BCUT2D eigenvalue weighted by atomic mass is 35.5. The van der Waals surface area contributed by atoms with Crippen LogP contribution in [-0.4, -0.2) is 37.7 Å². The second-order valence-corrected chi connectivity index (χ2v) is 8.16. The monoisotopic (exact) mass is 508 g/mol. The van der Waals surface area contributed by atoms with Crippen molar-refractivity contribution in [2.75, 3.05) is 24.4 Å². The zero-order valence-corrected chi connectivity index (χ0v) is 20.7. The van der Waals surface area contributed by atoms with Crippen LogP contribution < -0.4 is 25.5 Å². The lowest BCUT2D eigenvalue weighted by atomic mass is 10.1. The molecule has 36 heavy (non-hydrogen) atoms. The number of amides is 3. The van der Waals surface area contributed by atoms with Gasteiger partial charge in [0.25, 0.3) is 5.91 Å². The Hall–Kier alpha value is -4.37. The number of nitrogens with one attached hydrogen (secondary N) is 3. The van der Waals surface area contributed by atoms with Crippen LogP contribution in [0.3, 0.4) is 0 Å². The molecule has 3 rings (SSSR count). The number of aryl methyl sites for hydroxylation is 2. The number of hydrogen-bond donors (Lipinski definition) is 3. The quantitative estimate of drug-likeness (QED) is 0.241. The van der Waals surface area contributed by atoms with E-state index >= 15 is 0 Å². The zero-order chi connectivity index (χ0) is 26.1. The van der Waals surface area contributed by atoms with Gasteiger partial charge in [-0.25, -0.2) is 5.43 Å². The molecule has 0 spiro atoms. The summed E-state index contributed by atoms with van der Waals surface area (Å²) in [6, 6.07) is 16.9. The molecule has 0 aromatic heterocycles. The first-order valence-corrected chi connectivity index (χ1v) is 11.2. The summed E-state index contributed by atoms with van der Waals surface area (Å²) >= 11 is 6.06. The fraction of sp³-hybridized carbons (Fsp3) is 0.154. The van der Waals surface area contributed by atoms with Crippen LogP contribution in [0.25, 0.3) is 0 Å². The van der Waals surface area contributed by atoms with E-state index in [-0.39, 0.29) is 12.5 Å². The molecule has 3 aromatic rings. The summed E-state index contributed by atoms with van der Waals surface area (Å²) in [6.07, 6.45) is 1.27. The Kier molecular flexibility index (Phi) is 9.01. The maximum absolute atomic E-state index is 12.4. The molecule has 0 bridgehead atoms. The molecule has 10 heteroatoms. The fourth-order valence-corrected chi connectivity index (χ4v) is 3.29. The molecule has 3 N–H and O–H groups in total. The van der Waals surface area contributed by atoms with Crippen molar-refractivity contribution in [1.82, 2.24) is 5.43 Å². The van der Waals surface area contributed by atoms with Gasteiger partial charge >= 0.3 is 11.8 Å². The number of hydrogen-bond acceptors (Lipinski definition) is 6. The van der Waals surface area contributed by atoms with Crippen LogP contribution in [0.5, 0.6) is 11.5 Å². The Morgan fingerprint density at radius 1 is 0.944 bits per heavy atom. The molecule has 9 nitrogen and oxygen atoms in total. The van der Waals surface area contributed by atoms with Gasteiger partial charge in [-0.3, -0.25) is 14.4 Å². The minimum absolute atomic E-state index is 0.258. The van der Waals surface area contributed by atoms with Crippen molar-refractivity contribution in [2.24, 2.45) is 5.10 Å². The molecule has 3 aromatic carbocycles. The van der Waals surface area contributed by atoms with Gasteiger partial charge in [0, 0.05) is 22.0 Å². The maximum atomic E-state index is 12.4. The number of hydrazone groups is 1. The minimum atomic E-state index is -0.973. The Bertz CT molecular complexity index is 1290. The third kappa shape index (κ3) is 7.57. The van der Waals surface area contributed by atoms with Crippen molar-refractivity contribution in [1.29, 1.82) is 0 Å². The van der Waals surface area contributed by atoms with Gasteiger partial charge in [0.1, 0.15) is 11.5 Å². The van der Waals surface area contributed by atoms with E-state index in [1.807, 2.05) is 32.0 Å². The van der Waals surface area contributed by atoms with Crippen LogP contribution in [0, 0.1) is 13.8 Å². The first-order valence-electron chi connectivity index (χ1n) is 10.8. The third-order valence-corrected chi connectivity index (χ3v) is 5.15. The molecule has 0 saturated carbocycles. The molecule has 0 radical (unpaired) electrons. The average Bonchev–Trinajstić information content (AvgIpc) is 2.85. The Labute approximate surface area is 213 Å². The Morgan fingerprint density at radius 2 is 1.69 bits per heavy atom. The Balaban J connectivity index is 1.57. The van der Waals surface area contributed by atoms with Crippen LogP contribution in [-0.2, 0) is 14.4 Å². The Morgan fingerprint density at radius 3 is 2.39 bits per heavy atom. The summed E-state index contributed by atoms with van der Waals surface area (Å²) in [5.41, 5.74) is 5.70. The summed E-state index contributed by atoms with van der Waals surface area (Å²) in [5, 5.41) is 9.45. The molecular formula is C26H25ClN4O5. The standard InChI is InChI=1S/C26H25ClN4O5/c1-16-4-10-22(17(2)12-16)30-24(32)15-36-23-11-5-19(27)13-18(23)14-28-31-26(34)25(33)29-20-6-8-21(35-3)9-7-20/h4-14H,15H2,1-3H3,(H,29,33)(H,30,32)(H,31,34)/b28-14-. The van der Waals surface area contributed by atoms with E-state index in [2.05, 4.69) is 21.2 Å². The van der Waals surface area contributed by atoms with Gasteiger partial charge < -0.3 is 20.1 Å². The van der Waals surface area contributed by atoms with Crippen molar-refractivity contribution in [2.45, 2.75) is 13.8 Å². The summed E-state index contributed by atoms with van der Waals surface area (Å²) in [4.78, 5) is 36.5. The summed E-state index contributed by atoms with van der Waals surface area (Å²) in [6.45, 7) is 3.62. The van der Waals surface area contributed by atoms with E-state index in [1.165, 1.54) is 13.3 Å². The molecule has 0 fully saturated rings. The molecule has 3 amide bonds. The molecule has 0 unspecified atom stereocenters. The molecule has 0 aliphatic carbocycles. The molecule has 186 valence electrons. The van der Waals surface area contributed by atoms with E-state index in [0.29, 0.717) is 33.5 Å². The van der Waals surface area contributed by atoms with Crippen molar-refractivity contribution < 1.29 is 23.9 Å². The first kappa shape index (κ1) is 26.2. The van der Waals surface area contributed by atoms with Gasteiger partial charge in [-0.1, -0.05) is 29.3 Å². The fourth-order valence-electron chi connectivity index (χ4n) is 3.11. The predicted octanol–water partition coefficient (Wildman–Crippen LogP) is 4.07. The first-order chi connectivity index (χ1) is 17.2. The predicted molar refractivity (Wildman–Crippen MR) is 139 cm³/mol. The van der Waals surface area contributed by atoms with Gasteiger partial charge in [-0.15, -0.1) is 0 Å². The van der Waals surface area contributed by atoms with Crippen LogP contribution in [0.2, 0.25) is 5.02 Å². The number of carbonyl (C=O) groups excluding carboxylic acids is 3. The molecule has 0 heterocycles. The number of rotatable bonds is 8. The van der Waals surface area contributed by atoms with Crippen molar-refractivity contribution in [3.05, 3.63) is 82.4 Å². The molecule has 0 aliphatic rings. The van der Waals surface area contributed by atoms with Crippen molar-refractivity contribution >= 4 is 46.9 Å². The van der Waals surface area contributed by atoms with Gasteiger partial charge in [-0.2, -0.15) is 5.10 Å². The van der Waals surface area contributed by atoms with E-state index in [1.54, 1.807) is 42.5 Å². The lowest BCUT2D eigenvalue weighted by Crippen LogP contribution is -2.32. The largest absolute Gasteiger partial charge is 0.497 e. The summed E-state index contributed by atoms with van der Waals surface area (Å²) < 4.78 is 10.7. The topological polar surface area (TPSA) is 118 Å². The van der Waals surface area contributed by atoms with Crippen LogP contribution in [0.4, 0.5) is 11.4 Å². The van der Waals surface area contributed by atoms with Gasteiger partial charge in [-0.05, 0) is 67.9 Å². The van der Waals surface area contributed by atoms with E-state index < -0.39 is 11.8 Å². The summed E-state index contributed by atoms with van der Waals surface area (Å²) in [7, 11) is 1.52. The van der Waals surface area contributed by atoms with E-state index in [4.69, 9.17) is 21.1 Å². The van der Waals surface area contributed by atoms with Crippen LogP contribution >= 0.6 is 11.6 Å². The number of ether oxygens (including phenoxy) is 2. The van der Waals surface area contributed by atoms with Crippen molar-refractivity contribution in [3.63, 3.8) is 0 Å². The molecule has 0 atom stereocenters. The highest BCUT2D eigenvalue weighted by Crippen LogP contribution is 2.22. The lowest BCUT2D eigenvalue weighted by Gasteiger charge is -2.12. The van der Waals surface area contributed by atoms with E-state index in [0.717, 1.165) is 11.1 Å². The number of nitrogens with zero attached hydrogens (tertiary/aromatic N) is 1. The summed E-state index contributed by atoms with van der Waals surface area (Å²) in [5.74, 6) is -1.29. The third-order valence-electron chi connectivity index (χ3n) is 4.91. The van der Waals surface area contributed by atoms with Gasteiger partial charge in [0.15, 0.2) is 6.61 Å². The molecular weight excluding hydrogens is 484 g/mol. The van der Waals surface area contributed by atoms with Crippen LogP contribution in [0.1, 0.15) is 16.7 Å². The van der Waals surface area contributed by atoms with Gasteiger partial charge in [0.2, 0.25) is 0 Å². The zero-order valence-electron chi connectivity index (χ0n) is 19.9. The average molecular weight is 509 g/mol. The number of carbonyl (C=O) groups is 3. The SMILES string of the molecule is COc1ccc(NC(=O)C(=O)N/N=C\c2cc(Cl)ccc2OCC(=O)Nc2ccc(C)cc2C)cc1. The number of halogens is 1. The van der Waals surface area contributed by atoms with Gasteiger partial charge in [0.05, 0.1) is 13.3 Å². The normalized spacial score (nSPS) is 10.6. The lowest BCUT2D eigenvalue weighted by molar-refractivity contribution is -0.136. The van der Waals surface area contributed by atoms with Crippen molar-refractivity contribution in [3.8, 4) is 11.5 Å². The van der Waals surface area contributed by atoms with Crippen LogP contribution in [0.15, 0.2) is 65.8 Å². The number of methoxy groups -OCH3 is 1. The second-order valence-electron chi connectivity index (χ2n) is 7.72. The second kappa shape index (κ2) is 12.4. The van der Waals surface area contributed by atoms with E-state index in [9.17, 15) is 14.4 Å². The maximum Gasteiger partial charge on any atom is 0.329 e. The number of benzene rings is 3. The smallest absolute Gasteiger partial charge is 0.329 e. The number of anilines is 2.